The van der Waals surface area contributed by atoms with E-state index in [1.807, 2.05) is 0 Å². The van der Waals surface area contributed by atoms with Crippen LogP contribution in [0.25, 0.3) is 22.0 Å². The third kappa shape index (κ3) is 6.09. The van der Waals surface area contributed by atoms with Crippen LogP contribution in [0.3, 0.4) is 0 Å². The van der Waals surface area contributed by atoms with E-state index < -0.39 is 46.2 Å². The van der Waals surface area contributed by atoms with E-state index in [1.165, 1.54) is 36.0 Å². The smallest absolute Gasteiger partial charge is 0.335 e. The maximum absolute atomic E-state index is 13.9. The molecule has 0 aliphatic rings. The molecule has 40 heavy (non-hydrogen) atoms. The van der Waals surface area contributed by atoms with Crippen LogP contribution in [0.1, 0.15) is 17.3 Å². The predicted octanol–water partition coefficient (Wildman–Crippen LogP) is 4.03. The first-order chi connectivity index (χ1) is 18.5. The summed E-state index contributed by atoms with van der Waals surface area (Å²) < 4.78 is 95.4. The summed E-state index contributed by atoms with van der Waals surface area (Å²) in [4.78, 5) is 12.0. The fourth-order valence-electron chi connectivity index (χ4n) is 4.35. The highest BCUT2D eigenvalue weighted by Gasteiger charge is 2.42. The quantitative estimate of drug-likeness (QED) is 0.167. The van der Waals surface area contributed by atoms with Crippen LogP contribution in [0, 0.1) is 11.6 Å². The number of carbonyl (C=O) groups is 1. The van der Waals surface area contributed by atoms with Gasteiger partial charge in [-0.1, -0.05) is 17.7 Å². The van der Waals surface area contributed by atoms with Crippen molar-refractivity contribution in [1.29, 1.82) is 0 Å². The molecule has 4 rings (SSSR count). The number of aromatic nitrogens is 3. The Morgan fingerprint density at radius 3 is 2.40 bits per heavy atom. The number of alkyl halides is 3. The molecular weight excluding hydrogens is 585 g/mol. The second kappa shape index (κ2) is 10.5. The van der Waals surface area contributed by atoms with Gasteiger partial charge in [0, 0.05) is 35.9 Å². The van der Waals surface area contributed by atoms with Crippen LogP contribution in [0.2, 0.25) is 5.02 Å². The van der Waals surface area contributed by atoms with Gasteiger partial charge in [0.1, 0.15) is 17.7 Å². The van der Waals surface area contributed by atoms with E-state index in [1.54, 1.807) is 5.32 Å². The van der Waals surface area contributed by atoms with Crippen molar-refractivity contribution in [3.63, 3.8) is 0 Å². The Balaban J connectivity index is 1.96. The standard InChI is InChI=1S/C24H19ClF5N5O4S/c1-34-21-16(5-6-17(25)19(21)22(32-34)33-40(2,38)39)15-4-3-7-35(37)20(15)18(31-23(36)24(28,29)30)10-12-8-13(26)11-14(27)9-12/h3-9,11,18H,10H2,1-2H3,(H2-,31,32,33,36,37)/p+1. The number of sulfonamides is 1. The number of carbonyl (C=O) groups excluding carboxylic acids is 1. The van der Waals surface area contributed by atoms with Crippen molar-refractivity contribution in [3.8, 4) is 11.1 Å². The molecule has 1 atom stereocenters. The van der Waals surface area contributed by atoms with Crippen molar-refractivity contribution >= 4 is 44.3 Å². The molecule has 2 aromatic carbocycles. The fraction of sp³-hybridized carbons (Fsp3) is 0.208. The average molecular weight is 605 g/mol. The Bertz CT molecular complexity index is 1720. The lowest BCUT2D eigenvalue weighted by atomic mass is 9.94. The number of anilines is 1. The van der Waals surface area contributed by atoms with Gasteiger partial charge in [0.15, 0.2) is 5.82 Å². The maximum atomic E-state index is 13.9. The number of amides is 1. The van der Waals surface area contributed by atoms with Crippen molar-refractivity contribution in [2.24, 2.45) is 7.05 Å². The molecule has 0 radical (unpaired) electrons. The molecule has 2 heterocycles. The van der Waals surface area contributed by atoms with Gasteiger partial charge in [-0.05, 0) is 29.8 Å². The minimum Gasteiger partial charge on any atom is -0.335 e. The SMILES string of the molecule is Cn1nc(NS(C)(=O)=O)c2c(Cl)ccc(-c3ccc[n+](O)c3C(Cc3cc(F)cc(F)c3)NC(=O)C(F)(F)F)c21. The van der Waals surface area contributed by atoms with E-state index >= 15 is 0 Å². The predicted molar refractivity (Wildman–Crippen MR) is 134 cm³/mol. The van der Waals surface area contributed by atoms with Crippen LogP contribution in [0.5, 0.6) is 0 Å². The van der Waals surface area contributed by atoms with Crippen LogP contribution < -0.4 is 14.8 Å². The molecule has 1 amide bonds. The van der Waals surface area contributed by atoms with Gasteiger partial charge in [-0.2, -0.15) is 18.3 Å². The third-order valence-electron chi connectivity index (χ3n) is 5.78. The summed E-state index contributed by atoms with van der Waals surface area (Å²) in [6.07, 6.45) is -3.89. The second-order valence-electron chi connectivity index (χ2n) is 8.82. The zero-order chi connectivity index (χ0) is 29.6. The lowest BCUT2D eigenvalue weighted by Gasteiger charge is -2.19. The first-order valence-corrected chi connectivity index (χ1v) is 13.5. The number of pyridine rings is 1. The molecule has 4 aromatic rings. The van der Waals surface area contributed by atoms with Crippen molar-refractivity contribution in [2.45, 2.75) is 18.6 Å². The minimum atomic E-state index is -5.32. The van der Waals surface area contributed by atoms with E-state index in [4.69, 9.17) is 11.6 Å². The van der Waals surface area contributed by atoms with Gasteiger partial charge in [0.05, 0.1) is 27.7 Å². The zero-order valence-corrected chi connectivity index (χ0v) is 22.2. The normalized spacial score (nSPS) is 12.9. The highest BCUT2D eigenvalue weighted by atomic mass is 35.5. The summed E-state index contributed by atoms with van der Waals surface area (Å²) in [5, 5.41) is 17.0. The zero-order valence-electron chi connectivity index (χ0n) is 20.6. The minimum absolute atomic E-state index is 0.0740. The van der Waals surface area contributed by atoms with Crippen LogP contribution in [-0.4, -0.2) is 41.7 Å². The monoisotopic (exact) mass is 604 g/mol. The Morgan fingerprint density at radius 1 is 1.15 bits per heavy atom. The molecule has 3 N–H and O–H groups in total. The Labute approximate surface area is 228 Å². The van der Waals surface area contributed by atoms with Crippen molar-refractivity contribution in [3.05, 3.63) is 76.6 Å². The van der Waals surface area contributed by atoms with E-state index in [9.17, 15) is 40.4 Å². The highest BCUT2D eigenvalue weighted by molar-refractivity contribution is 7.92. The van der Waals surface area contributed by atoms with Gasteiger partial charge >= 0.3 is 12.1 Å². The molecule has 0 saturated heterocycles. The first kappa shape index (κ1) is 29.0. The van der Waals surface area contributed by atoms with E-state index in [2.05, 4.69) is 9.82 Å². The van der Waals surface area contributed by atoms with E-state index in [-0.39, 0.29) is 44.1 Å². The number of benzene rings is 2. The average Bonchev–Trinajstić information content (AvgIpc) is 3.12. The molecule has 0 fully saturated rings. The summed E-state index contributed by atoms with van der Waals surface area (Å²) in [7, 11) is -2.33. The summed E-state index contributed by atoms with van der Waals surface area (Å²) in [6.45, 7) is 0. The van der Waals surface area contributed by atoms with Gasteiger partial charge in [-0.25, -0.2) is 17.2 Å². The molecule has 16 heteroatoms. The summed E-state index contributed by atoms with van der Waals surface area (Å²) in [5.41, 5.74) is 0.133. The third-order valence-corrected chi connectivity index (χ3v) is 6.66. The Hall–Kier alpha value is -3.98. The number of hydrogen-bond acceptors (Lipinski definition) is 5. The number of nitrogens with one attached hydrogen (secondary N) is 2. The molecule has 212 valence electrons. The summed E-state index contributed by atoms with van der Waals surface area (Å²) in [6, 6.07) is 6.29. The molecule has 0 aliphatic carbocycles. The molecule has 0 aliphatic heterocycles. The van der Waals surface area contributed by atoms with E-state index in [0.717, 1.165) is 24.6 Å². The van der Waals surface area contributed by atoms with Crippen molar-refractivity contribution in [1.82, 2.24) is 15.1 Å². The second-order valence-corrected chi connectivity index (χ2v) is 11.0. The number of halogens is 6. The molecule has 0 spiro atoms. The van der Waals surface area contributed by atoms with Crippen molar-refractivity contribution < 1.29 is 45.1 Å². The first-order valence-electron chi connectivity index (χ1n) is 11.2. The lowest BCUT2D eigenvalue weighted by molar-refractivity contribution is -0.910. The van der Waals surface area contributed by atoms with Crippen LogP contribution in [0.4, 0.5) is 27.8 Å². The van der Waals surface area contributed by atoms with Crippen molar-refractivity contribution in [2.75, 3.05) is 11.0 Å². The number of rotatable bonds is 7. The molecule has 0 bridgehead atoms. The molecule has 2 aromatic heterocycles. The fourth-order valence-corrected chi connectivity index (χ4v) is 5.08. The number of fused-ring (bicyclic) bond motifs is 1. The van der Waals surface area contributed by atoms with Gasteiger partial charge in [0.2, 0.25) is 16.2 Å². The number of aryl methyl sites for hydroxylation is 1. The lowest BCUT2D eigenvalue weighted by Crippen LogP contribution is -2.46. The topological polar surface area (TPSA) is 117 Å². The van der Waals surface area contributed by atoms with Gasteiger partial charge in [-0.3, -0.25) is 19.4 Å². The Morgan fingerprint density at radius 2 is 1.80 bits per heavy atom. The number of hydrogen-bond donors (Lipinski definition) is 3. The summed E-state index contributed by atoms with van der Waals surface area (Å²) in [5.74, 6) is -4.48. The van der Waals surface area contributed by atoms with Gasteiger partial charge in [-0.15, -0.1) is 0 Å². The van der Waals surface area contributed by atoms with Gasteiger partial charge < -0.3 is 5.32 Å². The highest BCUT2D eigenvalue weighted by Crippen LogP contribution is 2.39. The molecular formula is C24H20ClF5N5O4S+. The Kier molecular flexibility index (Phi) is 7.64. The number of nitrogens with zero attached hydrogens (tertiary/aromatic N) is 3. The van der Waals surface area contributed by atoms with Gasteiger partial charge in [0.25, 0.3) is 5.69 Å². The largest absolute Gasteiger partial charge is 0.471 e. The molecule has 0 saturated carbocycles. The van der Waals surface area contributed by atoms with Crippen LogP contribution in [0.15, 0.2) is 48.7 Å². The van der Waals surface area contributed by atoms with Crippen LogP contribution in [-0.2, 0) is 28.3 Å². The maximum Gasteiger partial charge on any atom is 0.471 e. The van der Waals surface area contributed by atoms with E-state index in [0.29, 0.717) is 10.8 Å². The molecule has 1 unspecified atom stereocenters. The summed E-state index contributed by atoms with van der Waals surface area (Å²) >= 11 is 6.36. The van der Waals surface area contributed by atoms with Crippen LogP contribution >= 0.6 is 11.6 Å². The molecule has 9 nitrogen and oxygen atoms in total.